The minimum Gasteiger partial charge on any atom is -0.497 e. The van der Waals surface area contributed by atoms with Crippen LogP contribution in [0, 0.1) is 19.8 Å². The summed E-state index contributed by atoms with van der Waals surface area (Å²) < 4.78 is 5.24. The minimum absolute atomic E-state index is 0.00885. The van der Waals surface area contributed by atoms with Gasteiger partial charge in [0.1, 0.15) is 11.2 Å². The standard InChI is InChI=1S/C24H31N3O2S/c1-16-4-5-17(2)19(12-16)15-30-24-25-22-10-11-27(14-21(22)23(28)26-24)13-18-6-8-20(29-3)9-7-18/h4-9,12,21-22,24-25H,10-11,13-15H2,1-3H3,(H,26,28). The molecule has 0 aliphatic carbocycles. The zero-order valence-electron chi connectivity index (χ0n) is 18.0. The number of fused-ring (bicyclic) bond motifs is 1. The fraction of sp³-hybridized carbons (Fsp3) is 0.458. The van der Waals surface area contributed by atoms with Crippen LogP contribution < -0.4 is 15.4 Å². The van der Waals surface area contributed by atoms with Crippen molar-refractivity contribution in [1.29, 1.82) is 0 Å². The Morgan fingerprint density at radius 3 is 2.73 bits per heavy atom. The van der Waals surface area contributed by atoms with E-state index in [4.69, 9.17) is 4.74 Å². The summed E-state index contributed by atoms with van der Waals surface area (Å²) in [5.74, 6) is 1.95. The molecule has 0 aromatic heterocycles. The van der Waals surface area contributed by atoms with Crippen molar-refractivity contribution in [3.05, 3.63) is 64.7 Å². The van der Waals surface area contributed by atoms with Crippen molar-refractivity contribution in [3.8, 4) is 5.75 Å². The van der Waals surface area contributed by atoms with Gasteiger partial charge < -0.3 is 10.1 Å². The normalized spacial score (nSPS) is 24.2. The number of aryl methyl sites for hydroxylation is 2. The van der Waals surface area contributed by atoms with Crippen LogP contribution in [0.1, 0.15) is 28.7 Å². The number of carbonyl (C=O) groups excluding carboxylic acids is 1. The third-order valence-corrected chi connectivity index (χ3v) is 7.21. The molecule has 0 bridgehead atoms. The molecule has 0 saturated carbocycles. The van der Waals surface area contributed by atoms with Gasteiger partial charge in [0.25, 0.3) is 0 Å². The molecule has 0 spiro atoms. The van der Waals surface area contributed by atoms with Crippen LogP contribution in [0.5, 0.6) is 5.75 Å². The van der Waals surface area contributed by atoms with E-state index in [1.165, 1.54) is 22.3 Å². The highest BCUT2D eigenvalue weighted by Gasteiger charge is 2.39. The van der Waals surface area contributed by atoms with Crippen molar-refractivity contribution in [2.45, 2.75) is 44.1 Å². The number of thioether (sulfide) groups is 1. The van der Waals surface area contributed by atoms with Crippen molar-refractivity contribution in [2.24, 2.45) is 5.92 Å². The predicted molar refractivity (Wildman–Crippen MR) is 122 cm³/mol. The first kappa shape index (κ1) is 21.2. The summed E-state index contributed by atoms with van der Waals surface area (Å²) in [6.45, 7) is 6.94. The number of piperidine rings is 1. The van der Waals surface area contributed by atoms with Crippen LogP contribution in [0.2, 0.25) is 0 Å². The fourth-order valence-electron chi connectivity index (χ4n) is 4.31. The molecule has 2 heterocycles. The molecule has 2 aromatic carbocycles. The molecule has 2 saturated heterocycles. The lowest BCUT2D eigenvalue weighted by Gasteiger charge is -2.43. The highest BCUT2D eigenvalue weighted by molar-refractivity contribution is 7.99. The van der Waals surface area contributed by atoms with Crippen LogP contribution in [0.3, 0.4) is 0 Å². The van der Waals surface area contributed by atoms with Gasteiger partial charge in [0.05, 0.1) is 13.0 Å². The van der Waals surface area contributed by atoms with Gasteiger partial charge in [-0.3, -0.25) is 15.0 Å². The molecule has 4 rings (SSSR count). The number of amides is 1. The molecule has 3 atom stereocenters. The van der Waals surface area contributed by atoms with Crippen LogP contribution in [0.25, 0.3) is 0 Å². The zero-order chi connectivity index (χ0) is 21.1. The number of nitrogens with one attached hydrogen (secondary N) is 2. The van der Waals surface area contributed by atoms with Gasteiger partial charge >= 0.3 is 0 Å². The first-order valence-corrected chi connectivity index (χ1v) is 11.7. The Hall–Kier alpha value is -2.02. The summed E-state index contributed by atoms with van der Waals surface area (Å²) in [4.78, 5) is 15.2. The highest BCUT2D eigenvalue weighted by Crippen LogP contribution is 2.27. The maximum Gasteiger partial charge on any atom is 0.227 e. The quantitative estimate of drug-likeness (QED) is 0.743. The van der Waals surface area contributed by atoms with Gasteiger partial charge in [-0.05, 0) is 49.1 Å². The molecule has 2 fully saturated rings. The monoisotopic (exact) mass is 425 g/mol. The number of carbonyl (C=O) groups is 1. The van der Waals surface area contributed by atoms with Crippen LogP contribution >= 0.6 is 11.8 Å². The highest BCUT2D eigenvalue weighted by atomic mass is 32.2. The van der Waals surface area contributed by atoms with E-state index in [9.17, 15) is 4.79 Å². The average molecular weight is 426 g/mol. The largest absolute Gasteiger partial charge is 0.497 e. The average Bonchev–Trinajstić information content (AvgIpc) is 2.75. The second kappa shape index (κ2) is 9.41. The van der Waals surface area contributed by atoms with E-state index < -0.39 is 0 Å². The fourth-order valence-corrected chi connectivity index (χ4v) is 5.44. The summed E-state index contributed by atoms with van der Waals surface area (Å²) in [7, 11) is 1.68. The molecular weight excluding hydrogens is 394 g/mol. The Labute approximate surface area is 183 Å². The first-order valence-electron chi connectivity index (χ1n) is 10.6. The Morgan fingerprint density at radius 1 is 1.17 bits per heavy atom. The summed E-state index contributed by atoms with van der Waals surface area (Å²) in [6.07, 6.45) is 0.995. The van der Waals surface area contributed by atoms with Crippen LogP contribution in [0.15, 0.2) is 42.5 Å². The number of rotatable bonds is 6. The Balaban J connectivity index is 1.31. The molecule has 2 aromatic rings. The van der Waals surface area contributed by atoms with Gasteiger partial charge in [-0.25, -0.2) is 0 Å². The Kier molecular flexibility index (Phi) is 6.66. The predicted octanol–water partition coefficient (Wildman–Crippen LogP) is 3.44. The van der Waals surface area contributed by atoms with Gasteiger partial charge in [-0.2, -0.15) is 0 Å². The molecule has 0 radical (unpaired) electrons. The molecule has 2 aliphatic rings. The lowest BCUT2D eigenvalue weighted by molar-refractivity contribution is -0.130. The molecule has 30 heavy (non-hydrogen) atoms. The van der Waals surface area contributed by atoms with Gasteiger partial charge in [0.15, 0.2) is 0 Å². The lowest BCUT2D eigenvalue weighted by atomic mass is 9.89. The smallest absolute Gasteiger partial charge is 0.227 e. The molecule has 2 aliphatic heterocycles. The van der Waals surface area contributed by atoms with E-state index in [2.05, 4.69) is 59.7 Å². The van der Waals surface area contributed by atoms with E-state index in [1.54, 1.807) is 18.9 Å². The first-order chi connectivity index (χ1) is 14.5. The topological polar surface area (TPSA) is 53.6 Å². The second-order valence-corrected chi connectivity index (χ2v) is 9.47. The number of methoxy groups -OCH3 is 1. The number of ether oxygens (including phenoxy) is 1. The Bertz CT molecular complexity index is 887. The molecule has 5 nitrogen and oxygen atoms in total. The summed E-state index contributed by atoms with van der Waals surface area (Å²) >= 11 is 1.77. The molecular formula is C24H31N3O2S. The van der Waals surface area contributed by atoms with Gasteiger partial charge in [-0.15, -0.1) is 11.8 Å². The second-order valence-electron chi connectivity index (χ2n) is 8.38. The summed E-state index contributed by atoms with van der Waals surface area (Å²) in [5.41, 5.74) is 5.15. The van der Waals surface area contributed by atoms with Crippen molar-refractivity contribution < 1.29 is 9.53 Å². The summed E-state index contributed by atoms with van der Waals surface area (Å²) in [5, 5.41) is 6.87. The van der Waals surface area contributed by atoms with Crippen molar-refractivity contribution in [2.75, 3.05) is 20.2 Å². The van der Waals surface area contributed by atoms with E-state index in [-0.39, 0.29) is 23.4 Å². The zero-order valence-corrected chi connectivity index (χ0v) is 18.8. The Morgan fingerprint density at radius 2 is 1.97 bits per heavy atom. The third-order valence-electron chi connectivity index (χ3n) is 6.15. The third kappa shape index (κ3) is 4.99. The van der Waals surface area contributed by atoms with E-state index in [0.29, 0.717) is 0 Å². The maximum atomic E-state index is 12.8. The van der Waals surface area contributed by atoms with Crippen LogP contribution in [0.4, 0.5) is 0 Å². The molecule has 2 N–H and O–H groups in total. The van der Waals surface area contributed by atoms with Crippen molar-refractivity contribution >= 4 is 17.7 Å². The number of hydrogen-bond acceptors (Lipinski definition) is 5. The minimum atomic E-state index is -0.0215. The van der Waals surface area contributed by atoms with Gasteiger partial charge in [0, 0.05) is 31.4 Å². The van der Waals surface area contributed by atoms with Crippen LogP contribution in [-0.2, 0) is 17.1 Å². The maximum absolute atomic E-state index is 12.8. The summed E-state index contributed by atoms with van der Waals surface area (Å²) in [6, 6.07) is 15.0. The number of benzene rings is 2. The molecule has 6 heteroatoms. The number of hydrogen-bond donors (Lipinski definition) is 2. The van der Waals surface area contributed by atoms with Gasteiger partial charge in [0.2, 0.25) is 5.91 Å². The number of nitrogens with zero attached hydrogens (tertiary/aromatic N) is 1. The number of likely N-dealkylation sites (tertiary alicyclic amines) is 1. The lowest BCUT2D eigenvalue weighted by Crippen LogP contribution is -2.64. The van der Waals surface area contributed by atoms with Crippen molar-refractivity contribution in [3.63, 3.8) is 0 Å². The van der Waals surface area contributed by atoms with Crippen LogP contribution in [-0.4, -0.2) is 42.5 Å². The van der Waals surface area contributed by atoms with Gasteiger partial charge in [-0.1, -0.05) is 35.9 Å². The van der Waals surface area contributed by atoms with E-state index in [1.807, 2.05) is 12.1 Å². The van der Waals surface area contributed by atoms with E-state index >= 15 is 0 Å². The molecule has 3 unspecified atom stereocenters. The molecule has 160 valence electrons. The van der Waals surface area contributed by atoms with E-state index in [0.717, 1.165) is 37.6 Å². The SMILES string of the molecule is COc1ccc(CN2CCC3NC(SCc4cc(C)ccc4C)NC(=O)C3C2)cc1. The van der Waals surface area contributed by atoms with Crippen molar-refractivity contribution in [1.82, 2.24) is 15.5 Å². The molecule has 1 amide bonds.